The minimum absolute atomic E-state index is 0.156. The standard InChI is InChI=1S/C11H13ClO2/c1-2-8-5-9(3-4-11(13)14)7-10(12)6-8/h5-7H,2-4H2,1H3,(H,13,14). The first-order valence-corrected chi connectivity index (χ1v) is 4.99. The molecule has 0 saturated heterocycles. The summed E-state index contributed by atoms with van der Waals surface area (Å²) in [5.41, 5.74) is 2.15. The second-order valence-corrected chi connectivity index (χ2v) is 3.65. The number of aryl methyl sites for hydroxylation is 2. The fourth-order valence-corrected chi connectivity index (χ4v) is 1.60. The van der Waals surface area contributed by atoms with Crippen molar-refractivity contribution in [3.05, 3.63) is 34.3 Å². The van der Waals surface area contributed by atoms with E-state index in [4.69, 9.17) is 16.7 Å². The Labute approximate surface area is 88.5 Å². The van der Waals surface area contributed by atoms with Gasteiger partial charge < -0.3 is 5.11 Å². The third kappa shape index (κ3) is 3.38. The summed E-state index contributed by atoms with van der Waals surface area (Å²) >= 11 is 5.90. The van der Waals surface area contributed by atoms with E-state index in [2.05, 4.69) is 0 Å². The van der Waals surface area contributed by atoms with E-state index in [1.54, 1.807) is 0 Å². The van der Waals surface area contributed by atoms with Crippen molar-refractivity contribution >= 4 is 17.6 Å². The Bertz CT molecular complexity index is 334. The quantitative estimate of drug-likeness (QED) is 0.833. The van der Waals surface area contributed by atoms with Gasteiger partial charge in [-0.25, -0.2) is 0 Å². The molecule has 14 heavy (non-hydrogen) atoms. The molecule has 0 atom stereocenters. The summed E-state index contributed by atoms with van der Waals surface area (Å²) < 4.78 is 0. The molecule has 3 heteroatoms. The van der Waals surface area contributed by atoms with Gasteiger partial charge in [-0.05, 0) is 36.1 Å². The highest BCUT2D eigenvalue weighted by Crippen LogP contribution is 2.16. The molecule has 0 fully saturated rings. The monoisotopic (exact) mass is 212 g/mol. The average Bonchev–Trinajstić information content (AvgIpc) is 2.14. The number of halogens is 1. The Balaban J connectivity index is 2.76. The molecule has 0 aliphatic rings. The molecule has 2 nitrogen and oxygen atoms in total. The summed E-state index contributed by atoms with van der Waals surface area (Å²) in [6, 6.07) is 5.74. The first-order chi connectivity index (χ1) is 6.61. The maximum atomic E-state index is 10.4. The van der Waals surface area contributed by atoms with Crippen LogP contribution in [0.1, 0.15) is 24.5 Å². The van der Waals surface area contributed by atoms with Crippen LogP contribution in [-0.4, -0.2) is 11.1 Å². The number of hydrogen-bond donors (Lipinski definition) is 1. The van der Waals surface area contributed by atoms with Crippen LogP contribution in [-0.2, 0) is 17.6 Å². The lowest BCUT2D eigenvalue weighted by atomic mass is 10.1. The normalized spacial score (nSPS) is 10.1. The first kappa shape index (κ1) is 11.1. The molecule has 0 aliphatic heterocycles. The van der Waals surface area contributed by atoms with E-state index in [0.29, 0.717) is 11.4 Å². The van der Waals surface area contributed by atoms with Crippen molar-refractivity contribution < 1.29 is 9.90 Å². The molecule has 1 N–H and O–H groups in total. The Morgan fingerprint density at radius 3 is 2.57 bits per heavy atom. The van der Waals surface area contributed by atoms with Crippen LogP contribution in [0.4, 0.5) is 0 Å². The Hall–Kier alpha value is -1.02. The van der Waals surface area contributed by atoms with E-state index in [1.165, 1.54) is 0 Å². The van der Waals surface area contributed by atoms with Gasteiger partial charge in [0.15, 0.2) is 0 Å². The molecular formula is C11H13ClO2. The SMILES string of the molecule is CCc1cc(Cl)cc(CCC(=O)O)c1. The Morgan fingerprint density at radius 1 is 1.36 bits per heavy atom. The number of benzene rings is 1. The van der Waals surface area contributed by atoms with Gasteiger partial charge in [-0.3, -0.25) is 4.79 Å². The highest BCUT2D eigenvalue weighted by molar-refractivity contribution is 6.30. The molecule has 0 unspecified atom stereocenters. The van der Waals surface area contributed by atoms with Crippen molar-refractivity contribution in [3.63, 3.8) is 0 Å². The molecule has 0 radical (unpaired) electrons. The third-order valence-corrected chi connectivity index (χ3v) is 2.27. The lowest BCUT2D eigenvalue weighted by Crippen LogP contribution is -1.98. The highest BCUT2D eigenvalue weighted by Gasteiger charge is 2.01. The minimum atomic E-state index is -0.775. The van der Waals surface area contributed by atoms with E-state index in [0.717, 1.165) is 17.5 Å². The van der Waals surface area contributed by atoms with E-state index in [-0.39, 0.29) is 6.42 Å². The van der Waals surface area contributed by atoms with Gasteiger partial charge in [-0.2, -0.15) is 0 Å². The Kier molecular flexibility index (Phi) is 3.96. The fourth-order valence-electron chi connectivity index (χ4n) is 1.32. The largest absolute Gasteiger partial charge is 0.481 e. The van der Waals surface area contributed by atoms with Crippen LogP contribution in [0.25, 0.3) is 0 Å². The maximum absolute atomic E-state index is 10.4. The predicted octanol–water partition coefficient (Wildman–Crippen LogP) is 2.92. The molecule has 0 bridgehead atoms. The van der Waals surface area contributed by atoms with E-state index < -0.39 is 5.97 Å². The van der Waals surface area contributed by atoms with Crippen molar-refractivity contribution in [2.45, 2.75) is 26.2 Å². The first-order valence-electron chi connectivity index (χ1n) is 4.62. The molecule has 0 aromatic heterocycles. The molecule has 1 aromatic rings. The molecule has 0 aliphatic carbocycles. The molecule has 1 aromatic carbocycles. The number of aliphatic carboxylic acids is 1. The van der Waals surface area contributed by atoms with Crippen LogP contribution in [0.5, 0.6) is 0 Å². The van der Waals surface area contributed by atoms with E-state index >= 15 is 0 Å². The van der Waals surface area contributed by atoms with Crippen LogP contribution in [0, 0.1) is 0 Å². The zero-order valence-electron chi connectivity index (χ0n) is 8.09. The molecule has 76 valence electrons. The van der Waals surface area contributed by atoms with Crippen LogP contribution in [0.3, 0.4) is 0 Å². The van der Waals surface area contributed by atoms with Crippen molar-refractivity contribution in [1.82, 2.24) is 0 Å². The molecular weight excluding hydrogens is 200 g/mol. The number of carboxylic acid groups (broad SMARTS) is 1. The van der Waals surface area contributed by atoms with Crippen molar-refractivity contribution in [2.24, 2.45) is 0 Å². The zero-order valence-corrected chi connectivity index (χ0v) is 8.84. The number of hydrogen-bond acceptors (Lipinski definition) is 1. The topological polar surface area (TPSA) is 37.3 Å². The third-order valence-electron chi connectivity index (χ3n) is 2.05. The van der Waals surface area contributed by atoms with Gasteiger partial charge in [-0.1, -0.05) is 24.6 Å². The van der Waals surface area contributed by atoms with Gasteiger partial charge in [0.1, 0.15) is 0 Å². The van der Waals surface area contributed by atoms with Crippen LogP contribution in [0.2, 0.25) is 5.02 Å². The van der Waals surface area contributed by atoms with Gasteiger partial charge in [0.2, 0.25) is 0 Å². The predicted molar refractivity (Wildman–Crippen MR) is 56.8 cm³/mol. The summed E-state index contributed by atoms with van der Waals surface area (Å²) in [5, 5.41) is 9.22. The summed E-state index contributed by atoms with van der Waals surface area (Å²) in [5.74, 6) is -0.775. The van der Waals surface area contributed by atoms with Crippen LogP contribution in [0.15, 0.2) is 18.2 Å². The maximum Gasteiger partial charge on any atom is 0.303 e. The lowest BCUT2D eigenvalue weighted by molar-refractivity contribution is -0.136. The van der Waals surface area contributed by atoms with Crippen molar-refractivity contribution in [3.8, 4) is 0 Å². The van der Waals surface area contributed by atoms with Crippen molar-refractivity contribution in [1.29, 1.82) is 0 Å². The Morgan fingerprint density at radius 2 is 2.00 bits per heavy atom. The summed E-state index contributed by atoms with van der Waals surface area (Å²) in [7, 11) is 0. The molecule has 0 heterocycles. The fraction of sp³-hybridized carbons (Fsp3) is 0.364. The van der Waals surface area contributed by atoms with Crippen molar-refractivity contribution in [2.75, 3.05) is 0 Å². The second-order valence-electron chi connectivity index (χ2n) is 3.22. The van der Waals surface area contributed by atoms with E-state index in [9.17, 15) is 4.79 Å². The molecule has 1 rings (SSSR count). The smallest absolute Gasteiger partial charge is 0.303 e. The second kappa shape index (κ2) is 5.01. The number of carbonyl (C=O) groups is 1. The van der Waals surface area contributed by atoms with Crippen LogP contribution < -0.4 is 0 Å². The number of rotatable bonds is 4. The summed E-state index contributed by atoms with van der Waals surface area (Å²) in [6.07, 6.45) is 1.62. The van der Waals surface area contributed by atoms with Gasteiger partial charge in [0.25, 0.3) is 0 Å². The van der Waals surface area contributed by atoms with Gasteiger partial charge >= 0.3 is 5.97 Å². The molecule has 0 saturated carbocycles. The zero-order chi connectivity index (χ0) is 10.6. The van der Waals surface area contributed by atoms with Gasteiger partial charge in [0.05, 0.1) is 0 Å². The molecule has 0 amide bonds. The highest BCUT2D eigenvalue weighted by atomic mass is 35.5. The lowest BCUT2D eigenvalue weighted by Gasteiger charge is -2.03. The van der Waals surface area contributed by atoms with Gasteiger partial charge in [-0.15, -0.1) is 0 Å². The average molecular weight is 213 g/mol. The van der Waals surface area contributed by atoms with Crippen LogP contribution >= 0.6 is 11.6 Å². The minimum Gasteiger partial charge on any atom is -0.481 e. The number of carboxylic acids is 1. The summed E-state index contributed by atoms with van der Waals surface area (Å²) in [4.78, 5) is 10.4. The summed E-state index contributed by atoms with van der Waals surface area (Å²) in [6.45, 7) is 2.05. The van der Waals surface area contributed by atoms with Gasteiger partial charge in [0, 0.05) is 11.4 Å². The molecule has 0 spiro atoms. The van der Waals surface area contributed by atoms with E-state index in [1.807, 2.05) is 25.1 Å².